The Balaban J connectivity index is 0.000000640. The van der Waals surface area contributed by atoms with Gasteiger partial charge in [0.05, 0.1) is 0 Å². The summed E-state index contributed by atoms with van der Waals surface area (Å²) in [6.07, 6.45) is 2.28. The average molecular weight is 148 g/mol. The Kier molecular flexibility index (Phi) is 2.71. The van der Waals surface area contributed by atoms with Gasteiger partial charge in [-0.3, -0.25) is 0 Å². The van der Waals surface area contributed by atoms with E-state index in [2.05, 4.69) is 13.5 Å². The lowest BCUT2D eigenvalue weighted by Crippen LogP contribution is -2.35. The second kappa shape index (κ2) is 2.72. The standard InChI is InChI=1S/C7H13N.ClH/c1-6-3-7(2,4-6)5-8;/h1,3-5,8H2,2H3;1H. The van der Waals surface area contributed by atoms with Gasteiger partial charge in [0.25, 0.3) is 0 Å². The lowest BCUT2D eigenvalue weighted by molar-refractivity contribution is 0.251. The van der Waals surface area contributed by atoms with E-state index in [0.29, 0.717) is 5.41 Å². The minimum Gasteiger partial charge on any atom is -0.330 e. The summed E-state index contributed by atoms with van der Waals surface area (Å²) < 4.78 is 0. The Morgan fingerprint density at radius 3 is 2.22 bits per heavy atom. The summed E-state index contributed by atoms with van der Waals surface area (Å²) in [5, 5.41) is 0. The van der Waals surface area contributed by atoms with Crippen LogP contribution in [0.3, 0.4) is 0 Å². The van der Waals surface area contributed by atoms with Crippen molar-refractivity contribution >= 4 is 12.4 Å². The molecule has 0 bridgehead atoms. The Morgan fingerprint density at radius 2 is 2.11 bits per heavy atom. The SMILES string of the molecule is C=C1CC(C)(CN)C1.Cl. The fraction of sp³-hybridized carbons (Fsp3) is 0.714. The molecule has 1 fully saturated rings. The quantitative estimate of drug-likeness (QED) is 0.562. The van der Waals surface area contributed by atoms with Gasteiger partial charge in [-0.05, 0) is 24.8 Å². The van der Waals surface area contributed by atoms with E-state index in [9.17, 15) is 0 Å². The van der Waals surface area contributed by atoms with Crippen LogP contribution < -0.4 is 5.73 Å². The van der Waals surface area contributed by atoms with Crippen LogP contribution in [0.15, 0.2) is 12.2 Å². The Bertz CT molecular complexity index is 112. The molecule has 0 aromatic carbocycles. The molecule has 0 aliphatic heterocycles. The van der Waals surface area contributed by atoms with Crippen molar-refractivity contribution in [2.45, 2.75) is 19.8 Å². The predicted octanol–water partition coefficient (Wildman–Crippen LogP) is 1.72. The largest absolute Gasteiger partial charge is 0.330 e. The highest BCUT2D eigenvalue weighted by Gasteiger charge is 2.32. The number of hydrogen-bond acceptors (Lipinski definition) is 1. The van der Waals surface area contributed by atoms with Gasteiger partial charge in [-0.15, -0.1) is 12.4 Å². The molecule has 2 N–H and O–H groups in total. The summed E-state index contributed by atoms with van der Waals surface area (Å²) in [6, 6.07) is 0. The highest BCUT2D eigenvalue weighted by Crippen LogP contribution is 2.42. The summed E-state index contributed by atoms with van der Waals surface area (Å²) in [5.41, 5.74) is 7.26. The van der Waals surface area contributed by atoms with Crippen molar-refractivity contribution in [2.75, 3.05) is 6.54 Å². The van der Waals surface area contributed by atoms with Crippen molar-refractivity contribution in [2.24, 2.45) is 11.1 Å². The van der Waals surface area contributed by atoms with E-state index in [1.54, 1.807) is 0 Å². The van der Waals surface area contributed by atoms with Crippen LogP contribution in [0.5, 0.6) is 0 Å². The zero-order valence-electron chi connectivity index (χ0n) is 5.81. The van der Waals surface area contributed by atoms with E-state index in [4.69, 9.17) is 5.73 Å². The highest BCUT2D eigenvalue weighted by atomic mass is 35.5. The average Bonchev–Trinajstić information content (AvgIpc) is 1.63. The smallest absolute Gasteiger partial charge is 0.00170 e. The van der Waals surface area contributed by atoms with Crippen molar-refractivity contribution in [1.82, 2.24) is 0 Å². The van der Waals surface area contributed by atoms with Gasteiger partial charge in [0.1, 0.15) is 0 Å². The van der Waals surface area contributed by atoms with Crippen LogP contribution in [0.2, 0.25) is 0 Å². The van der Waals surface area contributed by atoms with Crippen LogP contribution in [-0.2, 0) is 0 Å². The minimum absolute atomic E-state index is 0. The van der Waals surface area contributed by atoms with E-state index >= 15 is 0 Å². The Morgan fingerprint density at radius 1 is 1.67 bits per heavy atom. The molecule has 0 atom stereocenters. The van der Waals surface area contributed by atoms with Gasteiger partial charge in [0.2, 0.25) is 0 Å². The van der Waals surface area contributed by atoms with E-state index in [1.807, 2.05) is 0 Å². The summed E-state index contributed by atoms with van der Waals surface area (Å²) in [4.78, 5) is 0. The van der Waals surface area contributed by atoms with Crippen LogP contribution in [0.25, 0.3) is 0 Å². The molecule has 1 aliphatic rings. The molecule has 0 saturated heterocycles. The molecule has 1 aliphatic carbocycles. The molecule has 1 saturated carbocycles. The number of allylic oxidation sites excluding steroid dienone is 1. The maximum absolute atomic E-state index is 5.49. The molecule has 0 unspecified atom stereocenters. The summed E-state index contributed by atoms with van der Waals surface area (Å²) >= 11 is 0. The second-order valence-electron chi connectivity index (χ2n) is 3.12. The Hall–Kier alpha value is -0.0100. The van der Waals surface area contributed by atoms with Crippen LogP contribution >= 0.6 is 12.4 Å². The van der Waals surface area contributed by atoms with Crippen LogP contribution in [0.1, 0.15) is 19.8 Å². The third kappa shape index (κ3) is 1.70. The van der Waals surface area contributed by atoms with Crippen LogP contribution in [0, 0.1) is 5.41 Å². The first-order valence-corrected chi connectivity index (χ1v) is 3.03. The summed E-state index contributed by atoms with van der Waals surface area (Å²) in [5.74, 6) is 0. The molecule has 54 valence electrons. The van der Waals surface area contributed by atoms with E-state index in [1.165, 1.54) is 5.57 Å². The fourth-order valence-corrected chi connectivity index (χ4v) is 1.30. The first-order chi connectivity index (χ1) is 3.66. The lowest BCUT2D eigenvalue weighted by Gasteiger charge is -2.39. The van der Waals surface area contributed by atoms with Gasteiger partial charge in [0, 0.05) is 0 Å². The highest BCUT2D eigenvalue weighted by molar-refractivity contribution is 5.85. The number of nitrogens with two attached hydrogens (primary N) is 1. The van der Waals surface area contributed by atoms with Gasteiger partial charge in [-0.1, -0.05) is 19.1 Å². The topological polar surface area (TPSA) is 26.0 Å². The van der Waals surface area contributed by atoms with Crippen LogP contribution in [-0.4, -0.2) is 6.54 Å². The van der Waals surface area contributed by atoms with Gasteiger partial charge in [0.15, 0.2) is 0 Å². The number of halogens is 1. The molecule has 1 rings (SSSR count). The van der Waals surface area contributed by atoms with Gasteiger partial charge >= 0.3 is 0 Å². The molecule has 0 amide bonds. The molecule has 0 spiro atoms. The van der Waals surface area contributed by atoms with E-state index in [0.717, 1.165) is 19.4 Å². The monoisotopic (exact) mass is 147 g/mol. The van der Waals surface area contributed by atoms with Crippen molar-refractivity contribution in [3.05, 3.63) is 12.2 Å². The normalized spacial score (nSPS) is 22.2. The van der Waals surface area contributed by atoms with Crippen LogP contribution in [0.4, 0.5) is 0 Å². The molecule has 0 aromatic rings. The van der Waals surface area contributed by atoms with Gasteiger partial charge in [-0.2, -0.15) is 0 Å². The molecular weight excluding hydrogens is 134 g/mol. The zero-order chi connectivity index (χ0) is 6.20. The molecule has 0 radical (unpaired) electrons. The summed E-state index contributed by atoms with van der Waals surface area (Å²) in [7, 11) is 0. The number of rotatable bonds is 1. The molecular formula is C7H14ClN. The fourth-order valence-electron chi connectivity index (χ4n) is 1.30. The first kappa shape index (κ1) is 8.99. The maximum atomic E-state index is 5.49. The van der Waals surface area contributed by atoms with Gasteiger partial charge in [-0.25, -0.2) is 0 Å². The molecule has 0 aromatic heterocycles. The molecule has 2 heteroatoms. The van der Waals surface area contributed by atoms with Crippen molar-refractivity contribution in [3.63, 3.8) is 0 Å². The second-order valence-corrected chi connectivity index (χ2v) is 3.12. The van der Waals surface area contributed by atoms with Gasteiger partial charge < -0.3 is 5.73 Å². The molecule has 9 heavy (non-hydrogen) atoms. The van der Waals surface area contributed by atoms with Crippen molar-refractivity contribution < 1.29 is 0 Å². The van der Waals surface area contributed by atoms with E-state index < -0.39 is 0 Å². The zero-order valence-corrected chi connectivity index (χ0v) is 6.63. The predicted molar refractivity (Wildman–Crippen MR) is 42.8 cm³/mol. The maximum Gasteiger partial charge on any atom is -0.00170 e. The first-order valence-electron chi connectivity index (χ1n) is 3.03. The lowest BCUT2D eigenvalue weighted by atomic mass is 9.68. The Labute approximate surface area is 62.7 Å². The minimum atomic E-state index is 0. The third-order valence-electron chi connectivity index (χ3n) is 1.85. The molecule has 0 heterocycles. The number of hydrogen-bond donors (Lipinski definition) is 1. The molecule has 1 nitrogen and oxygen atoms in total. The van der Waals surface area contributed by atoms with Crippen molar-refractivity contribution in [3.8, 4) is 0 Å². The third-order valence-corrected chi connectivity index (χ3v) is 1.85. The summed E-state index contributed by atoms with van der Waals surface area (Å²) in [6.45, 7) is 6.87. The van der Waals surface area contributed by atoms with Crippen molar-refractivity contribution in [1.29, 1.82) is 0 Å². The van der Waals surface area contributed by atoms with E-state index in [-0.39, 0.29) is 12.4 Å².